The lowest BCUT2D eigenvalue weighted by molar-refractivity contribution is -0.187. The molecule has 6 heteroatoms. The van der Waals surface area contributed by atoms with Gasteiger partial charge in [0.15, 0.2) is 5.54 Å². The fraction of sp³-hybridized carbons (Fsp3) is 0.917. The van der Waals surface area contributed by atoms with E-state index in [9.17, 15) is 18.0 Å². The van der Waals surface area contributed by atoms with Crippen molar-refractivity contribution in [1.29, 1.82) is 0 Å². The molecule has 0 radical (unpaired) electrons. The van der Waals surface area contributed by atoms with Gasteiger partial charge in [-0.05, 0) is 49.9 Å². The molecular formula is C12H17F3N2O. The Bertz CT molecular complexity index is 377. The molecule has 3 saturated carbocycles. The third-order valence-electron chi connectivity index (χ3n) is 5.09. The van der Waals surface area contributed by atoms with E-state index in [2.05, 4.69) is 5.32 Å². The van der Waals surface area contributed by atoms with Crippen molar-refractivity contribution < 1.29 is 18.0 Å². The third kappa shape index (κ3) is 1.51. The van der Waals surface area contributed by atoms with Crippen LogP contribution in [-0.4, -0.2) is 23.7 Å². The summed E-state index contributed by atoms with van der Waals surface area (Å²) < 4.78 is 37.9. The summed E-state index contributed by atoms with van der Waals surface area (Å²) in [5, 5.41) is 2.52. The van der Waals surface area contributed by atoms with Crippen LogP contribution in [0.5, 0.6) is 0 Å². The Kier molecular flexibility index (Phi) is 2.32. The van der Waals surface area contributed by atoms with E-state index >= 15 is 0 Å². The number of halogens is 3. The van der Waals surface area contributed by atoms with Crippen LogP contribution in [0.2, 0.25) is 0 Å². The molecular weight excluding hydrogens is 245 g/mol. The molecule has 5 atom stereocenters. The molecule has 3 fully saturated rings. The Balaban J connectivity index is 1.64. The third-order valence-corrected chi connectivity index (χ3v) is 5.09. The van der Waals surface area contributed by atoms with E-state index in [4.69, 9.17) is 5.73 Å². The van der Waals surface area contributed by atoms with Crippen LogP contribution in [0.4, 0.5) is 13.2 Å². The van der Waals surface area contributed by atoms with Crippen molar-refractivity contribution in [3.05, 3.63) is 0 Å². The van der Waals surface area contributed by atoms with Crippen molar-refractivity contribution >= 4 is 5.91 Å². The number of rotatable bonds is 2. The van der Waals surface area contributed by atoms with Crippen molar-refractivity contribution in [3.8, 4) is 0 Å². The van der Waals surface area contributed by atoms with Crippen LogP contribution in [-0.2, 0) is 4.79 Å². The first-order valence-electron chi connectivity index (χ1n) is 6.40. The molecule has 1 amide bonds. The van der Waals surface area contributed by atoms with E-state index in [1.54, 1.807) is 0 Å². The molecule has 0 aromatic rings. The van der Waals surface area contributed by atoms with Crippen molar-refractivity contribution in [2.24, 2.45) is 29.4 Å². The molecule has 0 heterocycles. The average molecular weight is 262 g/mol. The fourth-order valence-corrected chi connectivity index (χ4v) is 3.95. The smallest absolute Gasteiger partial charge is 0.351 e. The number of nitrogens with two attached hydrogens (primary N) is 1. The van der Waals surface area contributed by atoms with Crippen LogP contribution in [0.1, 0.15) is 26.2 Å². The number of hydrogen-bond acceptors (Lipinski definition) is 2. The minimum absolute atomic E-state index is 0.0611. The van der Waals surface area contributed by atoms with Crippen LogP contribution in [0, 0.1) is 23.7 Å². The largest absolute Gasteiger partial charge is 0.415 e. The Morgan fingerprint density at radius 1 is 1.22 bits per heavy atom. The number of amides is 1. The maximum atomic E-state index is 12.6. The van der Waals surface area contributed by atoms with E-state index in [0.717, 1.165) is 19.8 Å². The molecule has 0 aromatic heterocycles. The second-order valence-corrected chi connectivity index (χ2v) is 6.19. The summed E-state index contributed by atoms with van der Waals surface area (Å²) in [6.45, 7) is 0.731. The second kappa shape index (κ2) is 3.40. The molecule has 3 rings (SSSR count). The number of carbonyl (C=O) groups excluding carboxylic acids is 1. The maximum absolute atomic E-state index is 12.6. The summed E-state index contributed by atoms with van der Waals surface area (Å²) in [4.78, 5) is 11.7. The number of alkyl halides is 3. The molecule has 0 saturated heterocycles. The highest BCUT2D eigenvalue weighted by Crippen LogP contribution is 2.65. The van der Waals surface area contributed by atoms with Crippen LogP contribution in [0.25, 0.3) is 0 Å². The molecule has 3 aliphatic carbocycles. The van der Waals surface area contributed by atoms with Gasteiger partial charge in [-0.15, -0.1) is 0 Å². The summed E-state index contributed by atoms with van der Waals surface area (Å²) in [5.41, 5.74) is 2.32. The molecule has 18 heavy (non-hydrogen) atoms. The number of carbonyl (C=O) groups is 1. The van der Waals surface area contributed by atoms with Gasteiger partial charge in [-0.1, -0.05) is 0 Å². The number of nitrogens with one attached hydrogen (secondary N) is 1. The Morgan fingerprint density at radius 3 is 2.17 bits per heavy atom. The summed E-state index contributed by atoms with van der Waals surface area (Å²) >= 11 is 0. The van der Waals surface area contributed by atoms with Gasteiger partial charge in [-0.25, -0.2) is 0 Å². The van der Waals surface area contributed by atoms with E-state index in [1.165, 1.54) is 6.42 Å². The lowest BCUT2D eigenvalue weighted by Crippen LogP contribution is -2.62. The molecule has 3 nitrogen and oxygen atoms in total. The average Bonchev–Trinajstić information content (AvgIpc) is 2.68. The highest BCUT2D eigenvalue weighted by atomic mass is 19.4. The van der Waals surface area contributed by atoms with Crippen LogP contribution < -0.4 is 11.1 Å². The van der Waals surface area contributed by atoms with E-state index < -0.39 is 17.6 Å². The van der Waals surface area contributed by atoms with Gasteiger partial charge < -0.3 is 11.1 Å². The monoisotopic (exact) mass is 262 g/mol. The first-order chi connectivity index (χ1) is 8.23. The van der Waals surface area contributed by atoms with Crippen molar-refractivity contribution in [1.82, 2.24) is 5.32 Å². The first kappa shape index (κ1) is 12.3. The standard InChI is InChI=1S/C12H17F3N2O/c1-11(16,12(13,14)15)10(18)17-9-7-5-2-3-6(4-5)8(7)9/h5-9H,2-4,16H2,1H3,(H,17,18). The Morgan fingerprint density at radius 2 is 1.72 bits per heavy atom. The zero-order valence-electron chi connectivity index (χ0n) is 10.1. The van der Waals surface area contributed by atoms with E-state index in [0.29, 0.717) is 23.7 Å². The number of fused-ring (bicyclic) bond motifs is 5. The van der Waals surface area contributed by atoms with Gasteiger partial charge in [-0.3, -0.25) is 4.79 Å². The van der Waals surface area contributed by atoms with Gasteiger partial charge in [0.1, 0.15) is 0 Å². The molecule has 102 valence electrons. The summed E-state index contributed by atoms with van der Waals surface area (Å²) in [7, 11) is 0. The second-order valence-electron chi connectivity index (χ2n) is 6.19. The summed E-state index contributed by atoms with van der Waals surface area (Å²) in [6.07, 6.45) is -1.18. The van der Waals surface area contributed by atoms with Crippen molar-refractivity contribution in [2.75, 3.05) is 0 Å². The Hall–Kier alpha value is -0.780. The van der Waals surface area contributed by atoms with Crippen molar-refractivity contribution in [2.45, 2.75) is 43.9 Å². The van der Waals surface area contributed by atoms with Gasteiger partial charge in [0.2, 0.25) is 5.91 Å². The predicted octanol–water partition coefficient (Wildman–Crippen LogP) is 1.43. The lowest BCUT2D eigenvalue weighted by Gasteiger charge is -2.26. The van der Waals surface area contributed by atoms with Crippen LogP contribution >= 0.6 is 0 Å². The molecule has 5 unspecified atom stereocenters. The van der Waals surface area contributed by atoms with Crippen LogP contribution in [0.3, 0.4) is 0 Å². The molecule has 0 aromatic carbocycles. The normalized spacial score (nSPS) is 44.4. The maximum Gasteiger partial charge on any atom is 0.415 e. The molecule has 0 aliphatic heterocycles. The Labute approximate surface area is 103 Å². The van der Waals surface area contributed by atoms with Gasteiger partial charge in [0.05, 0.1) is 0 Å². The van der Waals surface area contributed by atoms with Gasteiger partial charge in [-0.2, -0.15) is 13.2 Å². The van der Waals surface area contributed by atoms with Gasteiger partial charge in [0.25, 0.3) is 0 Å². The zero-order valence-corrected chi connectivity index (χ0v) is 10.1. The topological polar surface area (TPSA) is 55.1 Å². The van der Waals surface area contributed by atoms with E-state index in [1.807, 2.05) is 0 Å². The minimum atomic E-state index is -4.71. The van der Waals surface area contributed by atoms with Crippen molar-refractivity contribution in [3.63, 3.8) is 0 Å². The SMILES string of the molecule is CC(N)(C(=O)NC1C2C3CCC(C3)C12)C(F)(F)F. The quantitative estimate of drug-likeness (QED) is 0.791. The molecule has 3 N–H and O–H groups in total. The van der Waals surface area contributed by atoms with Gasteiger partial charge in [0, 0.05) is 6.04 Å². The predicted molar refractivity (Wildman–Crippen MR) is 58.4 cm³/mol. The summed E-state index contributed by atoms with van der Waals surface area (Å²) in [5.74, 6) is 0.961. The molecule has 2 bridgehead atoms. The lowest BCUT2D eigenvalue weighted by atomic mass is 10.0. The zero-order chi connectivity index (χ0) is 13.3. The van der Waals surface area contributed by atoms with E-state index in [-0.39, 0.29) is 6.04 Å². The molecule has 0 spiro atoms. The first-order valence-corrected chi connectivity index (χ1v) is 6.40. The van der Waals surface area contributed by atoms with Gasteiger partial charge >= 0.3 is 6.18 Å². The minimum Gasteiger partial charge on any atom is -0.351 e. The summed E-state index contributed by atoms with van der Waals surface area (Å²) in [6, 6.07) is -0.0611. The highest BCUT2D eigenvalue weighted by Gasteiger charge is 2.66. The highest BCUT2D eigenvalue weighted by molar-refractivity contribution is 5.87. The molecule has 3 aliphatic rings. The number of hydrogen-bond donors (Lipinski definition) is 2. The fourth-order valence-electron chi connectivity index (χ4n) is 3.95. The van der Waals surface area contributed by atoms with Crippen LogP contribution in [0.15, 0.2) is 0 Å².